The Morgan fingerprint density at radius 2 is 1.70 bits per heavy atom. The number of carbonyl (C=O) groups excluding carboxylic acids is 1. The molecule has 7 heteroatoms. The standard InChI is InChI=1S/C16H26N2O4.ClH/c1-5-6-7-11(10-17)18-16(19)12-8-14(21-3)15(22-4)9-13(12)20-2;/h8-9,11H,5-7,10,17H2,1-4H3,(H,18,19);1H. The average Bonchev–Trinajstić information content (AvgIpc) is 2.56. The topological polar surface area (TPSA) is 82.8 Å². The summed E-state index contributed by atoms with van der Waals surface area (Å²) in [6.45, 7) is 2.51. The van der Waals surface area contributed by atoms with Gasteiger partial charge in [0.15, 0.2) is 11.5 Å². The highest BCUT2D eigenvalue weighted by atomic mass is 35.5. The highest BCUT2D eigenvalue weighted by Gasteiger charge is 2.19. The molecule has 0 saturated heterocycles. The zero-order valence-electron chi connectivity index (χ0n) is 14.2. The minimum Gasteiger partial charge on any atom is -0.496 e. The predicted octanol–water partition coefficient (Wildman–Crippen LogP) is 2.38. The maximum atomic E-state index is 12.5. The van der Waals surface area contributed by atoms with Gasteiger partial charge in [-0.2, -0.15) is 0 Å². The van der Waals surface area contributed by atoms with Crippen molar-refractivity contribution < 1.29 is 19.0 Å². The van der Waals surface area contributed by atoms with E-state index in [4.69, 9.17) is 19.9 Å². The van der Waals surface area contributed by atoms with Crippen LogP contribution in [-0.2, 0) is 0 Å². The first-order valence-electron chi connectivity index (χ1n) is 7.42. The van der Waals surface area contributed by atoms with Crippen LogP contribution in [0.25, 0.3) is 0 Å². The summed E-state index contributed by atoms with van der Waals surface area (Å²) >= 11 is 0. The van der Waals surface area contributed by atoms with E-state index in [9.17, 15) is 4.79 Å². The lowest BCUT2D eigenvalue weighted by Crippen LogP contribution is -2.40. The van der Waals surface area contributed by atoms with E-state index >= 15 is 0 Å². The van der Waals surface area contributed by atoms with E-state index in [0.29, 0.717) is 29.4 Å². The van der Waals surface area contributed by atoms with Gasteiger partial charge in [-0.3, -0.25) is 4.79 Å². The van der Waals surface area contributed by atoms with Crippen LogP contribution in [0.2, 0.25) is 0 Å². The molecule has 132 valence electrons. The largest absolute Gasteiger partial charge is 0.496 e. The van der Waals surface area contributed by atoms with Crippen LogP contribution >= 0.6 is 12.4 Å². The summed E-state index contributed by atoms with van der Waals surface area (Å²) in [5.41, 5.74) is 6.12. The normalized spacial score (nSPS) is 11.2. The fourth-order valence-corrected chi connectivity index (χ4v) is 2.17. The molecule has 0 bridgehead atoms. The van der Waals surface area contributed by atoms with Crippen molar-refractivity contribution in [2.75, 3.05) is 27.9 Å². The van der Waals surface area contributed by atoms with Crippen molar-refractivity contribution in [1.29, 1.82) is 0 Å². The predicted molar refractivity (Wildman–Crippen MR) is 93.2 cm³/mol. The van der Waals surface area contributed by atoms with E-state index in [0.717, 1.165) is 19.3 Å². The van der Waals surface area contributed by atoms with Gasteiger partial charge in [0.1, 0.15) is 5.75 Å². The summed E-state index contributed by atoms with van der Waals surface area (Å²) in [4.78, 5) is 12.5. The second-order valence-corrected chi connectivity index (χ2v) is 4.96. The average molecular weight is 347 g/mol. The number of hydrogen-bond acceptors (Lipinski definition) is 5. The van der Waals surface area contributed by atoms with Gasteiger partial charge in [0.25, 0.3) is 5.91 Å². The van der Waals surface area contributed by atoms with Gasteiger partial charge in [-0.05, 0) is 6.42 Å². The number of halogens is 1. The number of rotatable bonds is 9. The second kappa shape index (κ2) is 11.0. The molecule has 0 aliphatic carbocycles. The second-order valence-electron chi connectivity index (χ2n) is 4.96. The molecule has 1 amide bonds. The first-order valence-corrected chi connectivity index (χ1v) is 7.42. The Bertz CT molecular complexity index is 497. The maximum absolute atomic E-state index is 12.5. The van der Waals surface area contributed by atoms with Crippen LogP contribution in [0, 0.1) is 0 Å². The molecular formula is C16H27ClN2O4. The Morgan fingerprint density at radius 1 is 1.13 bits per heavy atom. The van der Waals surface area contributed by atoms with Crippen molar-refractivity contribution in [2.24, 2.45) is 5.73 Å². The highest BCUT2D eigenvalue weighted by molar-refractivity contribution is 5.98. The van der Waals surface area contributed by atoms with Gasteiger partial charge in [-0.1, -0.05) is 19.8 Å². The van der Waals surface area contributed by atoms with Gasteiger partial charge < -0.3 is 25.3 Å². The van der Waals surface area contributed by atoms with Crippen molar-refractivity contribution in [3.05, 3.63) is 17.7 Å². The number of methoxy groups -OCH3 is 3. The summed E-state index contributed by atoms with van der Waals surface area (Å²) < 4.78 is 15.7. The van der Waals surface area contributed by atoms with E-state index in [2.05, 4.69) is 12.2 Å². The quantitative estimate of drug-likeness (QED) is 0.717. The highest BCUT2D eigenvalue weighted by Crippen LogP contribution is 2.34. The van der Waals surface area contributed by atoms with Gasteiger partial charge >= 0.3 is 0 Å². The lowest BCUT2D eigenvalue weighted by molar-refractivity contribution is 0.0932. The van der Waals surface area contributed by atoms with E-state index in [-0.39, 0.29) is 24.4 Å². The number of carbonyl (C=O) groups is 1. The molecule has 1 aromatic carbocycles. The van der Waals surface area contributed by atoms with E-state index in [1.165, 1.54) is 21.3 Å². The van der Waals surface area contributed by atoms with Gasteiger partial charge in [-0.25, -0.2) is 0 Å². The fourth-order valence-electron chi connectivity index (χ4n) is 2.17. The van der Waals surface area contributed by atoms with Crippen molar-refractivity contribution in [3.8, 4) is 17.2 Å². The zero-order chi connectivity index (χ0) is 16.5. The summed E-state index contributed by atoms with van der Waals surface area (Å²) in [5.74, 6) is 1.19. The fraction of sp³-hybridized carbons (Fsp3) is 0.562. The minimum atomic E-state index is -0.232. The Balaban J connectivity index is 0.00000484. The molecular weight excluding hydrogens is 320 g/mol. The first-order chi connectivity index (χ1) is 10.6. The first kappa shape index (κ1) is 21.3. The van der Waals surface area contributed by atoms with Gasteiger partial charge in [0.05, 0.1) is 26.9 Å². The zero-order valence-corrected chi connectivity index (χ0v) is 15.0. The number of benzene rings is 1. The molecule has 3 N–H and O–H groups in total. The van der Waals surface area contributed by atoms with Crippen LogP contribution in [0.4, 0.5) is 0 Å². The van der Waals surface area contributed by atoms with Gasteiger partial charge in [0.2, 0.25) is 0 Å². The molecule has 23 heavy (non-hydrogen) atoms. The number of ether oxygens (including phenoxy) is 3. The summed E-state index contributed by atoms with van der Waals surface area (Å²) in [7, 11) is 4.57. The van der Waals surface area contributed by atoms with Crippen LogP contribution in [0.5, 0.6) is 17.2 Å². The molecule has 6 nitrogen and oxygen atoms in total. The third-order valence-electron chi connectivity index (χ3n) is 3.48. The Hall–Kier alpha value is -1.66. The maximum Gasteiger partial charge on any atom is 0.255 e. The van der Waals surface area contributed by atoms with Crippen LogP contribution in [0.1, 0.15) is 36.5 Å². The summed E-state index contributed by atoms with van der Waals surface area (Å²) in [6, 6.07) is 3.20. The monoisotopic (exact) mass is 346 g/mol. The summed E-state index contributed by atoms with van der Waals surface area (Å²) in [5, 5.41) is 2.94. The van der Waals surface area contributed by atoms with E-state index in [1.54, 1.807) is 12.1 Å². The number of hydrogen-bond donors (Lipinski definition) is 2. The molecule has 0 radical (unpaired) electrons. The molecule has 0 aliphatic heterocycles. The smallest absolute Gasteiger partial charge is 0.255 e. The third kappa shape index (κ3) is 5.80. The van der Waals surface area contributed by atoms with E-state index in [1.807, 2.05) is 0 Å². The van der Waals surface area contributed by atoms with Crippen LogP contribution in [-0.4, -0.2) is 39.8 Å². The molecule has 0 aliphatic rings. The van der Waals surface area contributed by atoms with Crippen molar-refractivity contribution in [2.45, 2.75) is 32.2 Å². The SMILES string of the molecule is CCCCC(CN)NC(=O)c1cc(OC)c(OC)cc1OC.Cl. The number of nitrogens with one attached hydrogen (secondary N) is 1. The summed E-state index contributed by atoms with van der Waals surface area (Å²) in [6.07, 6.45) is 2.94. The lowest BCUT2D eigenvalue weighted by atomic mass is 10.1. The number of nitrogens with two attached hydrogens (primary N) is 1. The Kier molecular flexibility index (Phi) is 10.2. The molecule has 0 heterocycles. The Morgan fingerprint density at radius 3 is 2.17 bits per heavy atom. The van der Waals surface area contributed by atoms with Crippen LogP contribution in [0.15, 0.2) is 12.1 Å². The molecule has 1 unspecified atom stereocenters. The number of amides is 1. The number of unbranched alkanes of at least 4 members (excludes halogenated alkanes) is 1. The molecule has 1 aromatic rings. The molecule has 0 saturated carbocycles. The molecule has 0 aromatic heterocycles. The van der Waals surface area contributed by atoms with Crippen LogP contribution < -0.4 is 25.3 Å². The lowest BCUT2D eigenvalue weighted by Gasteiger charge is -2.18. The van der Waals surface area contributed by atoms with Gasteiger partial charge in [-0.15, -0.1) is 12.4 Å². The minimum absolute atomic E-state index is 0. The third-order valence-corrected chi connectivity index (χ3v) is 3.48. The molecule has 0 fully saturated rings. The molecule has 0 spiro atoms. The van der Waals surface area contributed by atoms with Gasteiger partial charge in [0, 0.05) is 24.7 Å². The Labute approximate surface area is 144 Å². The molecule has 1 atom stereocenters. The van der Waals surface area contributed by atoms with E-state index < -0.39 is 0 Å². The molecule has 1 rings (SSSR count). The van der Waals surface area contributed by atoms with Crippen molar-refractivity contribution in [3.63, 3.8) is 0 Å². The van der Waals surface area contributed by atoms with Crippen molar-refractivity contribution >= 4 is 18.3 Å². The van der Waals surface area contributed by atoms with Crippen molar-refractivity contribution in [1.82, 2.24) is 5.32 Å². The van der Waals surface area contributed by atoms with Crippen LogP contribution in [0.3, 0.4) is 0 Å².